The van der Waals surface area contributed by atoms with Gasteiger partial charge in [-0.15, -0.1) is 24.8 Å². The normalized spacial score (nSPS) is 20.0. The van der Waals surface area contributed by atoms with Gasteiger partial charge in [-0.25, -0.2) is 0 Å². The SMILES string of the molecule is COc1ccc([C@H]2CCNC[C@@H]2CN(C)c2ccc3c(c2)C(=O)NC3)cc1.Cl.Cl. The van der Waals surface area contributed by atoms with Crippen LogP contribution in [0.2, 0.25) is 0 Å². The Labute approximate surface area is 185 Å². The fourth-order valence-corrected chi connectivity index (χ4v) is 4.30. The second-order valence-corrected chi connectivity index (χ2v) is 7.54. The van der Waals surface area contributed by atoms with Gasteiger partial charge in [0.2, 0.25) is 0 Å². The van der Waals surface area contributed by atoms with Crippen molar-refractivity contribution >= 4 is 36.4 Å². The van der Waals surface area contributed by atoms with Crippen LogP contribution < -0.4 is 20.3 Å². The molecule has 7 heteroatoms. The number of rotatable bonds is 5. The molecule has 29 heavy (non-hydrogen) atoms. The number of halogens is 2. The van der Waals surface area contributed by atoms with Gasteiger partial charge >= 0.3 is 0 Å². The fourth-order valence-electron chi connectivity index (χ4n) is 4.30. The van der Waals surface area contributed by atoms with E-state index in [0.717, 1.165) is 48.6 Å². The van der Waals surface area contributed by atoms with Crippen molar-refractivity contribution in [3.63, 3.8) is 0 Å². The van der Waals surface area contributed by atoms with Crippen LogP contribution in [-0.2, 0) is 6.54 Å². The van der Waals surface area contributed by atoms with Crippen LogP contribution in [0, 0.1) is 5.92 Å². The van der Waals surface area contributed by atoms with Crippen LogP contribution >= 0.6 is 24.8 Å². The molecule has 0 aliphatic carbocycles. The Morgan fingerprint density at radius 1 is 1.14 bits per heavy atom. The summed E-state index contributed by atoms with van der Waals surface area (Å²) < 4.78 is 5.30. The highest BCUT2D eigenvalue weighted by atomic mass is 35.5. The van der Waals surface area contributed by atoms with Crippen molar-refractivity contribution in [1.82, 2.24) is 10.6 Å². The van der Waals surface area contributed by atoms with E-state index in [1.54, 1.807) is 7.11 Å². The van der Waals surface area contributed by atoms with Crippen molar-refractivity contribution < 1.29 is 9.53 Å². The van der Waals surface area contributed by atoms with Crippen molar-refractivity contribution in [2.45, 2.75) is 18.9 Å². The van der Waals surface area contributed by atoms with Crippen LogP contribution in [0.1, 0.15) is 33.8 Å². The number of anilines is 1. The first-order valence-corrected chi connectivity index (χ1v) is 9.62. The molecule has 2 aliphatic rings. The first-order valence-electron chi connectivity index (χ1n) is 9.62. The van der Waals surface area contributed by atoms with E-state index in [1.807, 2.05) is 6.07 Å². The number of hydrogen-bond donors (Lipinski definition) is 2. The predicted octanol–water partition coefficient (Wildman–Crippen LogP) is 3.61. The number of amides is 1. The predicted molar refractivity (Wildman–Crippen MR) is 122 cm³/mol. The standard InChI is InChI=1S/C22H27N3O2.2ClH/c1-25(18-6-3-16-13-24-22(26)21(16)11-18)14-17-12-23-10-9-20(17)15-4-7-19(27-2)8-5-15;;/h3-8,11,17,20,23H,9-10,12-14H2,1-2H3,(H,24,26);2*1H/t17-,20-;;/m1../s1. The van der Waals surface area contributed by atoms with Gasteiger partial charge in [0.25, 0.3) is 5.91 Å². The van der Waals surface area contributed by atoms with Crippen LogP contribution in [0.25, 0.3) is 0 Å². The second-order valence-electron chi connectivity index (χ2n) is 7.54. The highest BCUT2D eigenvalue weighted by molar-refractivity contribution is 5.99. The van der Waals surface area contributed by atoms with Gasteiger partial charge in [-0.2, -0.15) is 0 Å². The zero-order valence-corrected chi connectivity index (χ0v) is 18.4. The first-order chi connectivity index (χ1) is 13.2. The summed E-state index contributed by atoms with van der Waals surface area (Å²) in [5.41, 5.74) is 4.38. The average molecular weight is 438 g/mol. The molecule has 2 heterocycles. The van der Waals surface area contributed by atoms with E-state index in [2.05, 4.69) is 59.0 Å². The molecule has 0 unspecified atom stereocenters. The number of benzene rings is 2. The molecule has 1 amide bonds. The number of fused-ring (bicyclic) bond motifs is 1. The zero-order valence-electron chi connectivity index (χ0n) is 16.8. The molecule has 158 valence electrons. The summed E-state index contributed by atoms with van der Waals surface area (Å²) in [6, 6.07) is 14.7. The molecule has 0 aromatic heterocycles. The number of carbonyl (C=O) groups is 1. The van der Waals surface area contributed by atoms with Gasteiger partial charge in [0.05, 0.1) is 7.11 Å². The molecular formula is C22H29Cl2N3O2. The maximum Gasteiger partial charge on any atom is 0.251 e. The maximum atomic E-state index is 12.0. The molecule has 2 aromatic carbocycles. The molecule has 0 saturated carbocycles. The maximum absolute atomic E-state index is 12.0. The van der Waals surface area contributed by atoms with Crippen molar-refractivity contribution in [3.05, 3.63) is 59.2 Å². The summed E-state index contributed by atoms with van der Waals surface area (Å²) in [5.74, 6) is 1.98. The Kier molecular flexibility index (Phi) is 8.20. The van der Waals surface area contributed by atoms with Gasteiger partial charge < -0.3 is 20.3 Å². The molecule has 2 aliphatic heterocycles. The highest BCUT2D eigenvalue weighted by Gasteiger charge is 2.28. The summed E-state index contributed by atoms with van der Waals surface area (Å²) in [6.45, 7) is 3.65. The van der Waals surface area contributed by atoms with Gasteiger partial charge in [-0.3, -0.25) is 4.79 Å². The minimum absolute atomic E-state index is 0. The Morgan fingerprint density at radius 3 is 2.62 bits per heavy atom. The largest absolute Gasteiger partial charge is 0.497 e. The second kappa shape index (κ2) is 10.2. The van der Waals surface area contributed by atoms with E-state index >= 15 is 0 Å². The van der Waals surface area contributed by atoms with E-state index in [-0.39, 0.29) is 30.7 Å². The number of ether oxygens (including phenoxy) is 1. The third kappa shape index (κ3) is 4.97. The van der Waals surface area contributed by atoms with E-state index in [1.165, 1.54) is 5.56 Å². The third-order valence-corrected chi connectivity index (χ3v) is 5.88. The van der Waals surface area contributed by atoms with Gasteiger partial charge in [-0.1, -0.05) is 18.2 Å². The lowest BCUT2D eigenvalue weighted by atomic mass is 9.81. The van der Waals surface area contributed by atoms with Crippen LogP contribution in [0.3, 0.4) is 0 Å². The van der Waals surface area contributed by atoms with Crippen LogP contribution in [0.5, 0.6) is 5.75 Å². The minimum Gasteiger partial charge on any atom is -0.497 e. The van der Waals surface area contributed by atoms with Crippen molar-refractivity contribution in [1.29, 1.82) is 0 Å². The molecule has 0 radical (unpaired) electrons. The molecule has 0 bridgehead atoms. The van der Waals surface area contributed by atoms with E-state index in [9.17, 15) is 4.79 Å². The summed E-state index contributed by atoms with van der Waals surface area (Å²) in [6.07, 6.45) is 1.14. The first kappa shape index (κ1) is 23.3. The molecular weight excluding hydrogens is 409 g/mol. The van der Waals surface area contributed by atoms with Crippen molar-refractivity contribution in [3.8, 4) is 5.75 Å². The van der Waals surface area contributed by atoms with Gasteiger partial charge in [0.1, 0.15) is 5.75 Å². The van der Waals surface area contributed by atoms with E-state index in [4.69, 9.17) is 4.74 Å². The monoisotopic (exact) mass is 437 g/mol. The zero-order chi connectivity index (χ0) is 18.8. The molecule has 2 N–H and O–H groups in total. The van der Waals surface area contributed by atoms with E-state index in [0.29, 0.717) is 18.4 Å². The number of nitrogens with zero attached hydrogens (tertiary/aromatic N) is 1. The van der Waals surface area contributed by atoms with Gasteiger partial charge in [-0.05, 0) is 60.2 Å². The molecule has 2 aromatic rings. The molecule has 5 nitrogen and oxygen atoms in total. The Hall–Kier alpha value is -1.95. The Balaban J connectivity index is 0.00000150. The molecule has 1 saturated heterocycles. The number of carbonyl (C=O) groups excluding carboxylic acids is 1. The lowest BCUT2D eigenvalue weighted by molar-refractivity contribution is 0.0966. The Bertz CT molecular complexity index is 829. The van der Waals surface area contributed by atoms with Crippen molar-refractivity contribution in [2.24, 2.45) is 5.92 Å². The number of piperidine rings is 1. The summed E-state index contributed by atoms with van der Waals surface area (Å²) in [4.78, 5) is 14.2. The lowest BCUT2D eigenvalue weighted by Gasteiger charge is -2.36. The topological polar surface area (TPSA) is 53.6 Å². The summed E-state index contributed by atoms with van der Waals surface area (Å²) in [5, 5.41) is 6.44. The third-order valence-electron chi connectivity index (χ3n) is 5.88. The number of nitrogens with one attached hydrogen (secondary N) is 2. The van der Waals surface area contributed by atoms with Crippen molar-refractivity contribution in [2.75, 3.05) is 38.7 Å². The van der Waals surface area contributed by atoms with Gasteiger partial charge in [0, 0.05) is 37.9 Å². The highest BCUT2D eigenvalue weighted by Crippen LogP contribution is 2.33. The fraction of sp³-hybridized carbons (Fsp3) is 0.409. The van der Waals surface area contributed by atoms with Gasteiger partial charge in [0.15, 0.2) is 0 Å². The quantitative estimate of drug-likeness (QED) is 0.749. The molecule has 0 spiro atoms. The molecule has 2 atom stereocenters. The molecule has 4 rings (SSSR count). The van der Waals surface area contributed by atoms with Crippen LogP contribution in [0.15, 0.2) is 42.5 Å². The number of methoxy groups -OCH3 is 1. The average Bonchev–Trinajstić information content (AvgIpc) is 3.09. The Morgan fingerprint density at radius 2 is 1.90 bits per heavy atom. The summed E-state index contributed by atoms with van der Waals surface area (Å²) in [7, 11) is 3.82. The summed E-state index contributed by atoms with van der Waals surface area (Å²) >= 11 is 0. The molecule has 1 fully saturated rings. The minimum atomic E-state index is 0. The van der Waals surface area contributed by atoms with E-state index < -0.39 is 0 Å². The lowest BCUT2D eigenvalue weighted by Crippen LogP contribution is -2.41. The van der Waals surface area contributed by atoms with Crippen LogP contribution in [0.4, 0.5) is 5.69 Å². The van der Waals surface area contributed by atoms with Crippen LogP contribution in [-0.4, -0.2) is 39.7 Å². The smallest absolute Gasteiger partial charge is 0.251 e. The number of hydrogen-bond acceptors (Lipinski definition) is 4.